The van der Waals surface area contributed by atoms with E-state index in [4.69, 9.17) is 4.74 Å². The van der Waals surface area contributed by atoms with Gasteiger partial charge in [-0.15, -0.1) is 11.3 Å². The Bertz CT molecular complexity index is 606. The third-order valence-electron chi connectivity index (χ3n) is 2.98. The van der Waals surface area contributed by atoms with Gasteiger partial charge in [0.2, 0.25) is 0 Å². The molecule has 0 bridgehead atoms. The molecule has 1 heterocycles. The third kappa shape index (κ3) is 5.23. The fraction of sp³-hybridized carbons (Fsp3) is 0.462. The first kappa shape index (κ1) is 17.3. The Morgan fingerprint density at radius 2 is 2.00 bits per heavy atom. The second-order valence-corrected chi connectivity index (χ2v) is 5.97. The number of fused-ring (bicyclic) bond motifs is 1. The van der Waals surface area contributed by atoms with Gasteiger partial charge in [-0.25, -0.2) is 9.59 Å². The maximum atomic E-state index is 11.9. The van der Waals surface area contributed by atoms with Crippen LogP contribution in [0.15, 0.2) is 6.07 Å². The molecule has 3 amide bonds. The Hall–Kier alpha value is -2.10. The smallest absolute Gasteiger partial charge is 0.405 e. The fourth-order valence-corrected chi connectivity index (χ4v) is 3.17. The quantitative estimate of drug-likeness (QED) is 0.811. The molecule has 0 unspecified atom stereocenters. The van der Waals surface area contributed by atoms with Crippen molar-refractivity contribution in [3.05, 3.63) is 21.4 Å². The summed E-state index contributed by atoms with van der Waals surface area (Å²) < 4.78 is 40.3. The van der Waals surface area contributed by atoms with Crippen LogP contribution in [-0.4, -0.2) is 37.2 Å². The molecule has 6 nitrogen and oxygen atoms in total. The molecule has 0 saturated heterocycles. The van der Waals surface area contributed by atoms with Crippen molar-refractivity contribution in [1.82, 2.24) is 10.6 Å². The number of ether oxygens (including phenoxy) is 1. The van der Waals surface area contributed by atoms with Gasteiger partial charge in [-0.05, 0) is 30.9 Å². The zero-order chi connectivity index (χ0) is 17.0. The van der Waals surface area contributed by atoms with Crippen LogP contribution < -0.4 is 10.6 Å². The number of carbonyl (C=O) groups excluding carboxylic acids is 3. The van der Waals surface area contributed by atoms with Crippen LogP contribution in [0.3, 0.4) is 0 Å². The highest BCUT2D eigenvalue weighted by Crippen LogP contribution is 2.30. The number of hydrogen-bond donors (Lipinski definition) is 2. The van der Waals surface area contributed by atoms with Gasteiger partial charge in [-0.2, -0.15) is 13.2 Å². The summed E-state index contributed by atoms with van der Waals surface area (Å²) in [5, 5.41) is 3.10. The van der Waals surface area contributed by atoms with E-state index in [-0.39, 0.29) is 0 Å². The molecule has 1 aliphatic rings. The van der Waals surface area contributed by atoms with E-state index in [1.807, 2.05) is 0 Å². The van der Waals surface area contributed by atoms with Gasteiger partial charge >= 0.3 is 18.2 Å². The number of thiophene rings is 1. The summed E-state index contributed by atoms with van der Waals surface area (Å²) in [6, 6.07) is 0.405. The average molecular weight is 350 g/mol. The maximum Gasteiger partial charge on any atom is 0.405 e. The topological polar surface area (TPSA) is 84.5 Å². The van der Waals surface area contributed by atoms with Gasteiger partial charge in [0.1, 0.15) is 11.4 Å². The summed E-state index contributed by atoms with van der Waals surface area (Å²) in [4.78, 5) is 35.6. The number of hydrogen-bond acceptors (Lipinski definition) is 5. The van der Waals surface area contributed by atoms with Gasteiger partial charge in [0.25, 0.3) is 5.91 Å². The zero-order valence-corrected chi connectivity index (χ0v) is 12.6. The van der Waals surface area contributed by atoms with E-state index in [2.05, 4.69) is 0 Å². The van der Waals surface area contributed by atoms with Crippen LogP contribution in [0.5, 0.6) is 0 Å². The van der Waals surface area contributed by atoms with Crippen molar-refractivity contribution in [1.29, 1.82) is 0 Å². The van der Waals surface area contributed by atoms with Crippen molar-refractivity contribution in [3.63, 3.8) is 0 Å². The van der Waals surface area contributed by atoms with E-state index in [0.717, 1.165) is 29.7 Å². The summed E-state index contributed by atoms with van der Waals surface area (Å²) in [7, 11) is 0. The number of amides is 3. The van der Waals surface area contributed by atoms with Crippen LogP contribution in [0.4, 0.5) is 18.0 Å². The van der Waals surface area contributed by atoms with Gasteiger partial charge in [0.15, 0.2) is 6.61 Å². The molecule has 0 spiro atoms. The molecule has 23 heavy (non-hydrogen) atoms. The lowest BCUT2D eigenvalue weighted by Crippen LogP contribution is -2.44. The number of urea groups is 1. The minimum absolute atomic E-state index is 0.365. The Morgan fingerprint density at radius 1 is 1.26 bits per heavy atom. The molecule has 126 valence electrons. The molecule has 10 heteroatoms. The minimum atomic E-state index is -4.58. The maximum absolute atomic E-state index is 11.9. The van der Waals surface area contributed by atoms with Crippen LogP contribution in [0.25, 0.3) is 0 Å². The lowest BCUT2D eigenvalue weighted by atomic mass is 10.2. The van der Waals surface area contributed by atoms with Gasteiger partial charge in [-0.1, -0.05) is 0 Å². The standard InChI is InChI=1S/C13H13F3N2O4S/c14-13(15,16)6-17-12(21)18-10(19)5-22-11(20)9-4-7-2-1-3-8(7)23-9/h4H,1-3,5-6H2,(H2,17,18,19,21). The highest BCUT2D eigenvalue weighted by atomic mass is 32.1. The second kappa shape index (κ2) is 6.99. The van der Waals surface area contributed by atoms with Gasteiger partial charge in [-0.3, -0.25) is 10.1 Å². The fourth-order valence-electron chi connectivity index (χ4n) is 2.02. The van der Waals surface area contributed by atoms with E-state index in [1.54, 1.807) is 11.4 Å². The molecule has 0 radical (unpaired) electrons. The number of aryl methyl sites for hydroxylation is 2. The summed E-state index contributed by atoms with van der Waals surface area (Å²) in [6.45, 7) is -2.31. The van der Waals surface area contributed by atoms with Crippen LogP contribution in [0, 0.1) is 0 Å². The lowest BCUT2D eigenvalue weighted by Gasteiger charge is -2.09. The van der Waals surface area contributed by atoms with Crippen LogP contribution >= 0.6 is 11.3 Å². The number of halogens is 3. The molecule has 1 aromatic heterocycles. The Kier molecular flexibility index (Phi) is 5.24. The van der Waals surface area contributed by atoms with Crippen molar-refractivity contribution >= 4 is 29.2 Å². The van der Waals surface area contributed by atoms with Crippen LogP contribution in [0.2, 0.25) is 0 Å². The van der Waals surface area contributed by atoms with Crippen molar-refractivity contribution in [2.75, 3.05) is 13.2 Å². The molecule has 1 aliphatic carbocycles. The molecule has 0 atom stereocenters. The Labute approximate surface area is 133 Å². The molecule has 1 aromatic rings. The second-order valence-electron chi connectivity index (χ2n) is 4.83. The number of imide groups is 1. The van der Waals surface area contributed by atoms with Gasteiger partial charge in [0.05, 0.1) is 0 Å². The highest BCUT2D eigenvalue weighted by Gasteiger charge is 2.28. The largest absolute Gasteiger partial charge is 0.451 e. The minimum Gasteiger partial charge on any atom is -0.451 e. The van der Waals surface area contributed by atoms with E-state index in [9.17, 15) is 27.6 Å². The summed E-state index contributed by atoms with van der Waals surface area (Å²) in [5.74, 6) is -1.71. The molecular formula is C13H13F3N2O4S. The van der Waals surface area contributed by atoms with E-state index >= 15 is 0 Å². The SMILES string of the molecule is O=C(COC(=O)c1cc2c(s1)CCC2)NC(=O)NCC(F)(F)F. The van der Waals surface area contributed by atoms with E-state index in [0.29, 0.717) is 4.88 Å². The number of esters is 1. The van der Waals surface area contributed by atoms with Crippen molar-refractivity contribution in [2.45, 2.75) is 25.4 Å². The predicted octanol–water partition coefficient (Wildman–Crippen LogP) is 1.78. The molecule has 0 aliphatic heterocycles. The Morgan fingerprint density at radius 3 is 2.65 bits per heavy atom. The molecular weight excluding hydrogens is 337 g/mol. The van der Waals surface area contributed by atoms with Crippen LogP contribution in [-0.2, 0) is 22.4 Å². The zero-order valence-electron chi connectivity index (χ0n) is 11.8. The van der Waals surface area contributed by atoms with Gasteiger partial charge in [0, 0.05) is 4.88 Å². The number of nitrogens with one attached hydrogen (secondary N) is 2. The first-order valence-electron chi connectivity index (χ1n) is 6.68. The summed E-state index contributed by atoms with van der Waals surface area (Å²) in [5.41, 5.74) is 1.10. The number of alkyl halides is 3. The first-order valence-corrected chi connectivity index (χ1v) is 7.49. The Balaban J connectivity index is 1.73. The normalized spacial score (nSPS) is 13.3. The highest BCUT2D eigenvalue weighted by molar-refractivity contribution is 7.14. The van der Waals surface area contributed by atoms with Crippen molar-refractivity contribution in [2.24, 2.45) is 0 Å². The molecule has 2 rings (SSSR count). The first-order chi connectivity index (χ1) is 10.7. The summed E-state index contributed by atoms with van der Waals surface area (Å²) >= 11 is 1.30. The van der Waals surface area contributed by atoms with Gasteiger partial charge < -0.3 is 10.1 Å². The number of rotatable bonds is 4. The van der Waals surface area contributed by atoms with E-state index in [1.165, 1.54) is 16.7 Å². The lowest BCUT2D eigenvalue weighted by molar-refractivity contribution is -0.125. The predicted molar refractivity (Wildman–Crippen MR) is 74.2 cm³/mol. The average Bonchev–Trinajstić information content (AvgIpc) is 3.03. The molecule has 2 N–H and O–H groups in total. The summed E-state index contributed by atoms with van der Waals surface area (Å²) in [6.07, 6.45) is -1.72. The molecule has 0 fully saturated rings. The molecule has 0 saturated carbocycles. The van der Waals surface area contributed by atoms with Crippen molar-refractivity contribution < 1.29 is 32.3 Å². The van der Waals surface area contributed by atoms with Crippen molar-refractivity contribution in [3.8, 4) is 0 Å². The number of carbonyl (C=O) groups is 3. The van der Waals surface area contributed by atoms with E-state index < -0.39 is 37.2 Å². The van der Waals surface area contributed by atoms with Crippen LogP contribution in [0.1, 0.15) is 26.5 Å². The monoisotopic (exact) mass is 350 g/mol. The third-order valence-corrected chi connectivity index (χ3v) is 4.20. The molecule has 0 aromatic carbocycles.